The Hall–Kier alpha value is -3.63. The van der Waals surface area contributed by atoms with Gasteiger partial charge in [0.1, 0.15) is 5.37 Å². The zero-order chi connectivity index (χ0) is 31.1. The third-order valence-electron chi connectivity index (χ3n) is 8.68. The number of hydrogen-bond acceptors (Lipinski definition) is 6. The highest BCUT2D eigenvalue weighted by atomic mass is 32.2. The van der Waals surface area contributed by atoms with Gasteiger partial charge in [-0.15, -0.1) is 11.8 Å². The Morgan fingerprint density at radius 2 is 1.47 bits per heavy atom. The first-order chi connectivity index (χ1) is 22.0. The fourth-order valence-corrected chi connectivity index (χ4v) is 9.34. The van der Waals surface area contributed by atoms with Gasteiger partial charge in [-0.3, -0.25) is 9.69 Å². The monoisotopic (exact) mass is 640 g/mol. The van der Waals surface area contributed by atoms with Crippen molar-refractivity contribution in [1.29, 1.82) is 0 Å². The van der Waals surface area contributed by atoms with Gasteiger partial charge in [-0.05, 0) is 66.8 Å². The number of nitrogens with zero attached hydrogens (tertiary/aromatic N) is 2. The van der Waals surface area contributed by atoms with Crippen LogP contribution < -0.4 is 10.6 Å². The van der Waals surface area contributed by atoms with Gasteiger partial charge in [-0.2, -0.15) is 4.31 Å². The lowest BCUT2D eigenvalue weighted by Gasteiger charge is -2.29. The van der Waals surface area contributed by atoms with E-state index in [2.05, 4.69) is 27.7 Å². The second-order valence-electron chi connectivity index (χ2n) is 11.6. The lowest BCUT2D eigenvalue weighted by molar-refractivity contribution is -0.123. The van der Waals surface area contributed by atoms with Crippen molar-refractivity contribution in [3.05, 3.63) is 121 Å². The zero-order valence-electron chi connectivity index (χ0n) is 25.3. The maximum Gasteiger partial charge on any atom is 0.249 e. The number of benzene rings is 4. The maximum absolute atomic E-state index is 13.8. The normalized spacial score (nSPS) is 19.7. The molecule has 2 unspecified atom stereocenters. The van der Waals surface area contributed by atoms with Crippen LogP contribution in [-0.2, 0) is 14.8 Å². The lowest BCUT2D eigenvalue weighted by atomic mass is 10.0. The van der Waals surface area contributed by atoms with Crippen LogP contribution in [-0.4, -0.2) is 66.9 Å². The fourth-order valence-electron chi connectivity index (χ4n) is 6.25. The molecule has 45 heavy (non-hydrogen) atoms. The van der Waals surface area contributed by atoms with Crippen LogP contribution in [0.4, 0.5) is 5.69 Å². The smallest absolute Gasteiger partial charge is 0.249 e. The quantitative estimate of drug-likeness (QED) is 0.191. The van der Waals surface area contributed by atoms with Crippen molar-refractivity contribution in [2.24, 2.45) is 0 Å². The minimum Gasteiger partial charge on any atom is -0.383 e. The third-order valence-corrected chi connectivity index (χ3v) is 11.9. The molecular formula is C36H40N4O3S2. The van der Waals surface area contributed by atoms with Crippen LogP contribution in [0.5, 0.6) is 0 Å². The van der Waals surface area contributed by atoms with Gasteiger partial charge in [-0.1, -0.05) is 91.0 Å². The molecule has 0 radical (unpaired) electrons. The molecule has 1 amide bonds. The molecule has 7 nitrogen and oxygen atoms in total. The number of likely N-dealkylation sites (tertiary alicyclic amines) is 1. The van der Waals surface area contributed by atoms with Gasteiger partial charge in [0.2, 0.25) is 15.9 Å². The largest absolute Gasteiger partial charge is 0.383 e. The number of carbonyl (C=O) groups is 1. The van der Waals surface area contributed by atoms with Crippen LogP contribution in [0.1, 0.15) is 30.9 Å². The number of thioether (sulfide) groups is 1. The number of hydrogen-bond donors (Lipinski definition) is 2. The van der Waals surface area contributed by atoms with Crippen LogP contribution in [0, 0.1) is 0 Å². The molecule has 0 aromatic heterocycles. The Bertz CT molecular complexity index is 1640. The molecule has 0 bridgehead atoms. The highest BCUT2D eigenvalue weighted by Gasteiger charge is 2.41. The molecule has 0 spiro atoms. The van der Waals surface area contributed by atoms with Crippen molar-refractivity contribution in [2.75, 3.05) is 37.2 Å². The molecule has 2 heterocycles. The van der Waals surface area contributed by atoms with Crippen molar-refractivity contribution in [1.82, 2.24) is 14.5 Å². The van der Waals surface area contributed by atoms with E-state index in [1.54, 1.807) is 12.1 Å². The first-order valence-corrected chi connectivity index (χ1v) is 18.2. The molecule has 0 saturated carbocycles. The average molecular weight is 641 g/mol. The van der Waals surface area contributed by atoms with Crippen molar-refractivity contribution >= 4 is 33.4 Å². The van der Waals surface area contributed by atoms with E-state index < -0.39 is 15.4 Å². The Labute approximate surface area is 271 Å². The third kappa shape index (κ3) is 7.61. The van der Waals surface area contributed by atoms with E-state index in [-0.39, 0.29) is 16.8 Å². The Morgan fingerprint density at radius 1 is 0.822 bits per heavy atom. The van der Waals surface area contributed by atoms with Crippen molar-refractivity contribution in [3.8, 4) is 11.1 Å². The van der Waals surface area contributed by atoms with Crippen LogP contribution in [0.25, 0.3) is 11.1 Å². The number of rotatable bonds is 12. The van der Waals surface area contributed by atoms with Gasteiger partial charge in [-0.25, -0.2) is 8.42 Å². The molecule has 2 aliphatic rings. The fraction of sp³-hybridized carbons (Fsp3) is 0.306. The summed E-state index contributed by atoms with van der Waals surface area (Å²) < 4.78 is 28.9. The first-order valence-electron chi connectivity index (χ1n) is 15.7. The molecule has 4 aromatic rings. The van der Waals surface area contributed by atoms with Crippen LogP contribution in [0.2, 0.25) is 0 Å². The topological polar surface area (TPSA) is 81.8 Å². The lowest BCUT2D eigenvalue weighted by Crippen LogP contribution is -2.46. The maximum atomic E-state index is 13.8. The van der Waals surface area contributed by atoms with Gasteiger partial charge in [0.25, 0.3) is 0 Å². The van der Waals surface area contributed by atoms with E-state index in [0.717, 1.165) is 61.3 Å². The molecule has 9 heteroatoms. The molecule has 2 fully saturated rings. The predicted molar refractivity (Wildman–Crippen MR) is 183 cm³/mol. The molecule has 3 atom stereocenters. The Morgan fingerprint density at radius 3 is 2.18 bits per heavy atom. The molecule has 2 N–H and O–H groups in total. The molecule has 2 saturated heterocycles. The van der Waals surface area contributed by atoms with E-state index in [9.17, 15) is 13.2 Å². The molecule has 2 aliphatic heterocycles. The highest BCUT2D eigenvalue weighted by Crippen LogP contribution is 2.32. The summed E-state index contributed by atoms with van der Waals surface area (Å²) in [4.78, 5) is 16.5. The Balaban J connectivity index is 1.12. The van der Waals surface area contributed by atoms with E-state index in [1.807, 2.05) is 91.0 Å². The SMILES string of the molecule is O=C(NC(CCN1CCC[C@H]1CNc1ccccc1)c1ccccc1)C1SCCN1S(=O)(=O)c1ccc(-c2ccccc2)cc1. The standard InChI is InChI=1S/C36H40N4O3S2/c41-35(36-40(25-26-44-36)45(42,43)33-20-18-29(19-21-33)28-11-4-1-5-12-28)38-34(30-13-6-2-7-14-30)22-24-39-23-10-17-32(39)27-37-31-15-8-3-9-16-31/h1-9,11-16,18-21,32,34,36-37H,10,17,22-27H2,(H,38,41)/t32-,34?,36?/m0/s1. The van der Waals surface area contributed by atoms with Gasteiger partial charge < -0.3 is 10.6 Å². The van der Waals surface area contributed by atoms with Gasteiger partial charge in [0.15, 0.2) is 0 Å². The van der Waals surface area contributed by atoms with Crippen molar-refractivity contribution in [3.63, 3.8) is 0 Å². The second-order valence-corrected chi connectivity index (χ2v) is 14.6. The number of amides is 1. The molecular weight excluding hydrogens is 601 g/mol. The van der Waals surface area contributed by atoms with E-state index >= 15 is 0 Å². The van der Waals surface area contributed by atoms with Crippen LogP contribution in [0.15, 0.2) is 120 Å². The average Bonchev–Trinajstić information content (AvgIpc) is 3.78. The summed E-state index contributed by atoms with van der Waals surface area (Å²) >= 11 is 1.38. The second kappa shape index (κ2) is 14.6. The number of carbonyl (C=O) groups excluding carboxylic acids is 1. The zero-order valence-corrected chi connectivity index (χ0v) is 26.9. The van der Waals surface area contributed by atoms with Gasteiger partial charge >= 0.3 is 0 Å². The summed E-state index contributed by atoms with van der Waals surface area (Å²) in [5, 5.41) is 6.01. The number of para-hydroxylation sites is 1. The van der Waals surface area contributed by atoms with Gasteiger partial charge in [0, 0.05) is 37.1 Å². The minimum atomic E-state index is -3.86. The summed E-state index contributed by atoms with van der Waals surface area (Å²) in [7, 11) is -3.86. The van der Waals surface area contributed by atoms with E-state index in [4.69, 9.17) is 0 Å². The molecule has 4 aromatic carbocycles. The van der Waals surface area contributed by atoms with E-state index in [0.29, 0.717) is 18.3 Å². The molecule has 234 valence electrons. The van der Waals surface area contributed by atoms with Gasteiger partial charge in [0.05, 0.1) is 10.9 Å². The number of nitrogens with one attached hydrogen (secondary N) is 2. The summed E-state index contributed by atoms with van der Waals surface area (Å²) in [6, 6.07) is 37.3. The predicted octanol–water partition coefficient (Wildman–Crippen LogP) is 6.24. The van der Waals surface area contributed by atoms with Crippen molar-refractivity contribution in [2.45, 2.75) is 41.6 Å². The Kier molecular flexibility index (Phi) is 10.2. The first kappa shape index (κ1) is 31.4. The summed E-state index contributed by atoms with van der Waals surface area (Å²) in [5.41, 5.74) is 4.12. The summed E-state index contributed by atoms with van der Waals surface area (Å²) in [5.74, 6) is 0.304. The van der Waals surface area contributed by atoms with Crippen LogP contribution in [0.3, 0.4) is 0 Å². The highest BCUT2D eigenvalue weighted by molar-refractivity contribution is 8.02. The van der Waals surface area contributed by atoms with Crippen LogP contribution >= 0.6 is 11.8 Å². The number of anilines is 1. The summed E-state index contributed by atoms with van der Waals surface area (Å²) in [6.45, 7) is 3.05. The van der Waals surface area contributed by atoms with E-state index in [1.165, 1.54) is 16.1 Å². The molecule has 0 aliphatic carbocycles. The van der Waals surface area contributed by atoms with Crippen molar-refractivity contribution < 1.29 is 13.2 Å². The number of sulfonamides is 1. The molecule has 6 rings (SSSR count). The minimum absolute atomic E-state index is 0.200. The summed E-state index contributed by atoms with van der Waals surface area (Å²) in [6.07, 6.45) is 3.03.